The Bertz CT molecular complexity index is 694. The van der Waals surface area contributed by atoms with Crippen LogP contribution in [0.4, 0.5) is 5.69 Å². The number of rotatable bonds is 4. The molecule has 2 aromatic rings. The molecule has 0 fully saturated rings. The molecule has 0 unspecified atom stereocenters. The second-order valence-electron chi connectivity index (χ2n) is 4.05. The number of nitrogens with two attached hydrogens (primary N) is 1. The van der Waals surface area contributed by atoms with E-state index in [2.05, 4.69) is 36.8 Å². The fourth-order valence-electron chi connectivity index (χ4n) is 1.64. The molecule has 0 spiro atoms. The highest BCUT2D eigenvalue weighted by Gasteiger charge is 2.26. The summed E-state index contributed by atoms with van der Waals surface area (Å²) in [7, 11) is -2.19. The minimum atomic E-state index is -3.69. The molecule has 0 atom stereocenters. The van der Waals surface area contributed by atoms with Crippen LogP contribution >= 0.6 is 43.2 Å². The van der Waals surface area contributed by atoms with Gasteiger partial charge in [0.25, 0.3) is 0 Å². The highest BCUT2D eigenvalue weighted by atomic mass is 79.9. The Labute approximate surface area is 138 Å². The van der Waals surface area contributed by atoms with E-state index < -0.39 is 10.0 Å². The zero-order chi connectivity index (χ0) is 14.9. The largest absolute Gasteiger partial charge is 0.398 e. The lowest BCUT2D eigenvalue weighted by atomic mass is 10.3. The minimum Gasteiger partial charge on any atom is -0.398 e. The molecule has 2 N–H and O–H groups in total. The second kappa shape index (κ2) is 6.10. The molecule has 2 rings (SSSR count). The van der Waals surface area contributed by atoms with Crippen molar-refractivity contribution in [1.29, 1.82) is 0 Å². The lowest BCUT2D eigenvalue weighted by Gasteiger charge is -2.18. The van der Waals surface area contributed by atoms with Crippen LogP contribution in [0.5, 0.6) is 0 Å². The molecule has 0 aliphatic carbocycles. The van der Waals surface area contributed by atoms with Crippen molar-refractivity contribution in [2.45, 2.75) is 11.4 Å². The van der Waals surface area contributed by atoms with Crippen LogP contribution in [0.25, 0.3) is 0 Å². The van der Waals surface area contributed by atoms with Gasteiger partial charge in [0, 0.05) is 21.4 Å². The van der Waals surface area contributed by atoms with E-state index in [1.807, 2.05) is 5.38 Å². The van der Waals surface area contributed by atoms with E-state index in [4.69, 9.17) is 5.73 Å². The average Bonchev–Trinajstić information content (AvgIpc) is 2.79. The number of nitrogen functional groups attached to an aromatic ring is 1. The Hall–Kier alpha value is -0.480. The fraction of sp³-hybridized carbons (Fsp3) is 0.182. The number of hydrogen-bond donors (Lipinski definition) is 1. The Balaban J connectivity index is 2.40. The lowest BCUT2D eigenvalue weighted by molar-refractivity contribution is 0.463. The third kappa shape index (κ3) is 3.22. The second-order valence-corrected chi connectivity index (χ2v) is 8.52. The van der Waals surface area contributed by atoms with Crippen molar-refractivity contribution < 1.29 is 8.42 Å². The molecular formula is C11H11Br2N3O2S2. The third-order valence-electron chi connectivity index (χ3n) is 2.57. The number of aromatic nitrogens is 1. The highest BCUT2D eigenvalue weighted by Crippen LogP contribution is 2.33. The van der Waals surface area contributed by atoms with Crippen molar-refractivity contribution in [3.63, 3.8) is 0 Å². The zero-order valence-electron chi connectivity index (χ0n) is 10.4. The lowest BCUT2D eigenvalue weighted by Crippen LogP contribution is -2.27. The molecule has 1 aromatic carbocycles. The van der Waals surface area contributed by atoms with E-state index in [1.54, 1.807) is 17.6 Å². The summed E-state index contributed by atoms with van der Waals surface area (Å²) in [6.07, 6.45) is 0. The summed E-state index contributed by atoms with van der Waals surface area (Å²) in [5, 5.41) is 1.81. The first-order valence-corrected chi connectivity index (χ1v) is 9.37. The van der Waals surface area contributed by atoms with Crippen LogP contribution in [0.2, 0.25) is 0 Å². The van der Waals surface area contributed by atoms with Gasteiger partial charge in [0.05, 0.1) is 23.4 Å². The van der Waals surface area contributed by atoms with E-state index in [-0.39, 0.29) is 17.1 Å². The van der Waals surface area contributed by atoms with Crippen molar-refractivity contribution in [2.24, 2.45) is 0 Å². The first kappa shape index (κ1) is 15.9. The molecule has 9 heteroatoms. The first-order valence-electron chi connectivity index (χ1n) is 5.40. The maximum absolute atomic E-state index is 12.6. The minimum absolute atomic E-state index is 0.0680. The van der Waals surface area contributed by atoms with Crippen LogP contribution in [0.15, 0.2) is 36.9 Å². The van der Waals surface area contributed by atoms with Crippen LogP contribution < -0.4 is 5.73 Å². The Kier molecular flexibility index (Phi) is 4.85. The van der Waals surface area contributed by atoms with Gasteiger partial charge in [-0.15, -0.1) is 11.3 Å². The summed E-state index contributed by atoms with van der Waals surface area (Å²) >= 11 is 7.95. The molecule has 0 saturated heterocycles. The van der Waals surface area contributed by atoms with Crippen molar-refractivity contribution in [3.05, 3.63) is 37.7 Å². The molecule has 0 radical (unpaired) electrons. The van der Waals surface area contributed by atoms with Gasteiger partial charge in [-0.2, -0.15) is 4.31 Å². The first-order chi connectivity index (χ1) is 9.32. The summed E-state index contributed by atoms with van der Waals surface area (Å²) in [6.45, 7) is 0.202. The van der Waals surface area contributed by atoms with Crippen LogP contribution in [0.3, 0.4) is 0 Å². The Morgan fingerprint density at radius 1 is 1.40 bits per heavy atom. The predicted molar refractivity (Wildman–Crippen MR) is 87.0 cm³/mol. The Morgan fingerprint density at radius 3 is 2.65 bits per heavy atom. The maximum atomic E-state index is 12.6. The maximum Gasteiger partial charge on any atom is 0.246 e. The number of halogens is 2. The summed E-state index contributed by atoms with van der Waals surface area (Å²) < 4.78 is 27.5. The number of thiazole rings is 1. The van der Waals surface area contributed by atoms with E-state index in [0.29, 0.717) is 14.6 Å². The van der Waals surface area contributed by atoms with E-state index in [1.165, 1.54) is 22.7 Å². The smallest absolute Gasteiger partial charge is 0.246 e. The van der Waals surface area contributed by atoms with E-state index in [0.717, 1.165) is 0 Å². The van der Waals surface area contributed by atoms with Crippen LogP contribution in [-0.2, 0) is 16.6 Å². The molecule has 20 heavy (non-hydrogen) atoms. The molecule has 0 saturated carbocycles. The topological polar surface area (TPSA) is 76.3 Å². The van der Waals surface area contributed by atoms with Gasteiger partial charge >= 0.3 is 0 Å². The van der Waals surface area contributed by atoms with E-state index in [9.17, 15) is 8.42 Å². The van der Waals surface area contributed by atoms with Crippen LogP contribution in [-0.4, -0.2) is 24.8 Å². The van der Waals surface area contributed by atoms with Gasteiger partial charge in [0.2, 0.25) is 10.0 Å². The fourth-order valence-corrected chi connectivity index (χ4v) is 5.33. The van der Waals surface area contributed by atoms with Gasteiger partial charge in [0.15, 0.2) is 0 Å². The molecule has 5 nitrogen and oxygen atoms in total. The standard InChI is InChI=1S/C11H11Br2N3O2S2/c1-16(4-8-5-19-6-15-8)20(17,18)11-9(13)2-7(12)3-10(11)14/h2-3,5-6H,4,14H2,1H3. The molecule has 0 aliphatic rings. The number of anilines is 1. The molecular weight excluding hydrogens is 430 g/mol. The zero-order valence-corrected chi connectivity index (χ0v) is 15.2. The summed E-state index contributed by atoms with van der Waals surface area (Å²) in [5.41, 5.74) is 8.40. The monoisotopic (exact) mass is 439 g/mol. The van der Waals surface area contributed by atoms with E-state index >= 15 is 0 Å². The van der Waals surface area contributed by atoms with Crippen molar-refractivity contribution in [2.75, 3.05) is 12.8 Å². The van der Waals surface area contributed by atoms with Crippen molar-refractivity contribution in [1.82, 2.24) is 9.29 Å². The molecule has 1 aromatic heterocycles. The van der Waals surface area contributed by atoms with Gasteiger partial charge in [-0.3, -0.25) is 0 Å². The van der Waals surface area contributed by atoms with Gasteiger partial charge in [-0.1, -0.05) is 15.9 Å². The molecule has 108 valence electrons. The average molecular weight is 441 g/mol. The normalized spacial score (nSPS) is 12.0. The van der Waals surface area contributed by atoms with Gasteiger partial charge < -0.3 is 5.73 Å². The number of nitrogens with zero attached hydrogens (tertiary/aromatic N) is 2. The van der Waals surface area contributed by atoms with Crippen LogP contribution in [0.1, 0.15) is 5.69 Å². The number of hydrogen-bond acceptors (Lipinski definition) is 5. The quantitative estimate of drug-likeness (QED) is 0.741. The predicted octanol–water partition coefficient (Wildman–Crippen LogP) is 3.07. The SMILES string of the molecule is CN(Cc1cscn1)S(=O)(=O)c1c(N)cc(Br)cc1Br. The van der Waals surface area contributed by atoms with Crippen molar-refractivity contribution >= 4 is 58.9 Å². The third-order valence-corrected chi connectivity index (χ3v) is 6.48. The van der Waals surface area contributed by atoms with Crippen LogP contribution in [0, 0.1) is 0 Å². The number of benzene rings is 1. The summed E-state index contributed by atoms with van der Waals surface area (Å²) in [4.78, 5) is 4.15. The Morgan fingerprint density at radius 2 is 2.10 bits per heavy atom. The molecule has 0 aliphatic heterocycles. The molecule has 1 heterocycles. The van der Waals surface area contributed by atoms with Gasteiger partial charge in [0.1, 0.15) is 4.90 Å². The van der Waals surface area contributed by atoms with Gasteiger partial charge in [-0.25, -0.2) is 13.4 Å². The number of sulfonamides is 1. The van der Waals surface area contributed by atoms with Crippen molar-refractivity contribution in [3.8, 4) is 0 Å². The summed E-state index contributed by atoms with van der Waals surface area (Å²) in [6, 6.07) is 3.22. The van der Waals surface area contributed by atoms with Gasteiger partial charge in [-0.05, 0) is 28.1 Å². The highest BCUT2D eigenvalue weighted by molar-refractivity contribution is 9.11. The molecule has 0 bridgehead atoms. The summed E-state index contributed by atoms with van der Waals surface area (Å²) in [5.74, 6) is 0. The molecule has 0 amide bonds.